The highest BCUT2D eigenvalue weighted by Crippen LogP contribution is 2.54. The van der Waals surface area contributed by atoms with Crippen LogP contribution in [-0.2, 0) is 5.41 Å². The first kappa shape index (κ1) is 29.7. The fourth-order valence-corrected chi connectivity index (χ4v) is 10.5. The van der Waals surface area contributed by atoms with E-state index in [2.05, 4.69) is 184 Å². The molecular weight excluding hydrogens is 645 g/mol. The fourth-order valence-electron chi connectivity index (χ4n) is 9.31. The number of fused-ring (bicyclic) bond motifs is 11. The monoisotopic (exact) mass is 678 g/mol. The van der Waals surface area contributed by atoms with Crippen LogP contribution >= 0.6 is 11.3 Å². The van der Waals surface area contributed by atoms with Crippen LogP contribution in [0.5, 0.6) is 0 Å². The molecule has 0 atom stereocenters. The van der Waals surface area contributed by atoms with Crippen molar-refractivity contribution >= 4 is 63.8 Å². The summed E-state index contributed by atoms with van der Waals surface area (Å²) in [5, 5.41) is 10.6. The van der Waals surface area contributed by atoms with Gasteiger partial charge in [0.1, 0.15) is 0 Å². The van der Waals surface area contributed by atoms with Gasteiger partial charge in [0.2, 0.25) is 0 Å². The van der Waals surface area contributed by atoms with Crippen LogP contribution in [0.2, 0.25) is 0 Å². The predicted molar refractivity (Wildman–Crippen MR) is 226 cm³/mol. The standard InChI is InChI=1S/C51H34S/c1-51(2)45-30-33(23-24-35(45)41-25-28-44-42(49(41)51)26-27-43-36-17-10-11-22-46(36)52-50(43)44)32-15-12-16-34(29-32)48-39-20-8-6-18-37(39)47(31-13-4-3-5-14-31)38-19-7-9-21-40(38)48/h3-30H,1-2H3. The molecule has 0 amide bonds. The highest BCUT2D eigenvalue weighted by atomic mass is 32.1. The lowest BCUT2D eigenvalue weighted by Crippen LogP contribution is -2.15. The smallest absolute Gasteiger partial charge is 0.0433 e. The second-order valence-corrected chi connectivity index (χ2v) is 15.8. The van der Waals surface area contributed by atoms with Crippen LogP contribution in [0.25, 0.3) is 97.0 Å². The SMILES string of the molecule is CC1(C)c2cc(-c3cccc(-c4c5ccccc5c(-c5ccccc5)c5ccccc45)c3)ccc2-c2ccc3c(ccc4c5ccccc5sc34)c21. The van der Waals surface area contributed by atoms with Gasteiger partial charge < -0.3 is 0 Å². The molecule has 0 fully saturated rings. The Morgan fingerprint density at radius 1 is 0.365 bits per heavy atom. The van der Waals surface area contributed by atoms with Gasteiger partial charge in [-0.25, -0.2) is 0 Å². The molecule has 0 bridgehead atoms. The molecule has 1 aliphatic carbocycles. The first-order valence-corrected chi connectivity index (χ1v) is 19.0. The van der Waals surface area contributed by atoms with Gasteiger partial charge in [0.15, 0.2) is 0 Å². The van der Waals surface area contributed by atoms with Crippen LogP contribution < -0.4 is 0 Å². The molecule has 1 aromatic heterocycles. The molecule has 1 heteroatoms. The minimum Gasteiger partial charge on any atom is -0.135 e. The Morgan fingerprint density at radius 2 is 0.885 bits per heavy atom. The molecule has 1 aliphatic rings. The van der Waals surface area contributed by atoms with E-state index in [-0.39, 0.29) is 5.41 Å². The highest BCUT2D eigenvalue weighted by molar-refractivity contribution is 7.26. The highest BCUT2D eigenvalue weighted by Gasteiger charge is 2.37. The minimum atomic E-state index is -0.137. The average molecular weight is 679 g/mol. The van der Waals surface area contributed by atoms with Crippen LogP contribution in [0, 0.1) is 0 Å². The van der Waals surface area contributed by atoms with Gasteiger partial charge in [0.05, 0.1) is 0 Å². The molecule has 244 valence electrons. The molecular formula is C51H34S. The van der Waals surface area contributed by atoms with Gasteiger partial charge in [-0.1, -0.05) is 166 Å². The van der Waals surface area contributed by atoms with E-state index < -0.39 is 0 Å². The van der Waals surface area contributed by atoms with E-state index in [0.29, 0.717) is 0 Å². The van der Waals surface area contributed by atoms with E-state index in [9.17, 15) is 0 Å². The maximum absolute atomic E-state index is 2.47. The van der Waals surface area contributed by atoms with E-state index in [4.69, 9.17) is 0 Å². The van der Waals surface area contributed by atoms with E-state index in [1.807, 2.05) is 11.3 Å². The van der Waals surface area contributed by atoms with Crippen molar-refractivity contribution in [2.24, 2.45) is 0 Å². The van der Waals surface area contributed by atoms with Crippen molar-refractivity contribution in [1.29, 1.82) is 0 Å². The lowest BCUT2D eigenvalue weighted by Gasteiger charge is -2.24. The van der Waals surface area contributed by atoms with Gasteiger partial charge in [-0.15, -0.1) is 11.3 Å². The summed E-state index contributed by atoms with van der Waals surface area (Å²) in [4.78, 5) is 0. The molecule has 10 aromatic rings. The zero-order valence-electron chi connectivity index (χ0n) is 29.1. The number of hydrogen-bond acceptors (Lipinski definition) is 1. The number of hydrogen-bond donors (Lipinski definition) is 0. The summed E-state index contributed by atoms with van der Waals surface area (Å²) >= 11 is 1.92. The van der Waals surface area contributed by atoms with E-state index in [0.717, 1.165) is 0 Å². The summed E-state index contributed by atoms with van der Waals surface area (Å²) in [6.07, 6.45) is 0. The largest absolute Gasteiger partial charge is 0.135 e. The van der Waals surface area contributed by atoms with Crippen LogP contribution in [0.3, 0.4) is 0 Å². The maximum Gasteiger partial charge on any atom is 0.0433 e. The quantitative estimate of drug-likeness (QED) is 0.163. The topological polar surface area (TPSA) is 0 Å². The molecule has 0 spiro atoms. The Kier molecular flexibility index (Phi) is 6.27. The van der Waals surface area contributed by atoms with Crippen molar-refractivity contribution < 1.29 is 0 Å². The number of rotatable bonds is 3. The third kappa shape index (κ3) is 4.15. The van der Waals surface area contributed by atoms with Crippen molar-refractivity contribution in [3.63, 3.8) is 0 Å². The first-order valence-electron chi connectivity index (χ1n) is 18.2. The lowest BCUT2D eigenvalue weighted by molar-refractivity contribution is 0.666. The molecule has 0 unspecified atom stereocenters. The Bertz CT molecular complexity index is 3030. The van der Waals surface area contributed by atoms with Crippen LogP contribution in [-0.4, -0.2) is 0 Å². The van der Waals surface area contributed by atoms with Gasteiger partial charge in [-0.3, -0.25) is 0 Å². The number of benzene rings is 9. The van der Waals surface area contributed by atoms with Crippen LogP contribution in [0.4, 0.5) is 0 Å². The molecule has 0 nitrogen and oxygen atoms in total. The van der Waals surface area contributed by atoms with Crippen molar-refractivity contribution in [1.82, 2.24) is 0 Å². The van der Waals surface area contributed by atoms with Gasteiger partial charge >= 0.3 is 0 Å². The Balaban J connectivity index is 1.07. The van der Waals surface area contributed by atoms with Crippen molar-refractivity contribution in [3.8, 4) is 44.5 Å². The third-order valence-corrected chi connectivity index (χ3v) is 12.8. The third-order valence-electron chi connectivity index (χ3n) is 11.6. The Hall–Kier alpha value is -6.02. The Labute approximate surface area is 307 Å². The molecule has 0 saturated carbocycles. The second kappa shape index (κ2) is 11.0. The summed E-state index contributed by atoms with van der Waals surface area (Å²) < 4.78 is 2.75. The van der Waals surface area contributed by atoms with Crippen LogP contribution in [0.1, 0.15) is 25.0 Å². The molecule has 9 aromatic carbocycles. The lowest BCUT2D eigenvalue weighted by atomic mass is 9.79. The van der Waals surface area contributed by atoms with Crippen molar-refractivity contribution in [3.05, 3.63) is 181 Å². The zero-order valence-corrected chi connectivity index (χ0v) is 29.9. The van der Waals surface area contributed by atoms with E-state index >= 15 is 0 Å². The Morgan fingerprint density at radius 3 is 1.62 bits per heavy atom. The van der Waals surface area contributed by atoms with Gasteiger partial charge in [-0.05, 0) is 106 Å². The molecule has 1 heterocycles. The molecule has 11 rings (SSSR count). The maximum atomic E-state index is 2.47. The van der Waals surface area contributed by atoms with E-state index in [1.165, 1.54) is 108 Å². The fraction of sp³-hybridized carbons (Fsp3) is 0.0588. The van der Waals surface area contributed by atoms with Crippen LogP contribution in [0.15, 0.2) is 170 Å². The van der Waals surface area contributed by atoms with Crippen molar-refractivity contribution in [2.75, 3.05) is 0 Å². The summed E-state index contributed by atoms with van der Waals surface area (Å²) in [7, 11) is 0. The van der Waals surface area contributed by atoms with E-state index in [1.54, 1.807) is 0 Å². The minimum absolute atomic E-state index is 0.137. The summed E-state index contributed by atoms with van der Waals surface area (Å²) in [5.74, 6) is 0. The summed E-state index contributed by atoms with van der Waals surface area (Å²) in [6.45, 7) is 4.83. The number of thiophene rings is 1. The van der Waals surface area contributed by atoms with Gasteiger partial charge in [0.25, 0.3) is 0 Å². The second-order valence-electron chi connectivity index (χ2n) is 14.8. The van der Waals surface area contributed by atoms with Gasteiger partial charge in [0, 0.05) is 25.6 Å². The predicted octanol–water partition coefficient (Wildman–Crippen LogP) is 14.8. The molecule has 0 saturated heterocycles. The van der Waals surface area contributed by atoms with Crippen molar-refractivity contribution in [2.45, 2.75) is 19.3 Å². The summed E-state index contributed by atoms with van der Waals surface area (Å²) in [6, 6.07) is 63.3. The average Bonchev–Trinajstić information content (AvgIpc) is 3.69. The molecule has 52 heavy (non-hydrogen) atoms. The van der Waals surface area contributed by atoms with Gasteiger partial charge in [-0.2, -0.15) is 0 Å². The first-order chi connectivity index (χ1) is 25.6. The molecule has 0 radical (unpaired) electrons. The summed E-state index contributed by atoms with van der Waals surface area (Å²) in [5.41, 5.74) is 13.0. The zero-order chi connectivity index (χ0) is 34.6. The normalized spacial score (nSPS) is 13.3. The molecule has 0 N–H and O–H groups in total. The molecule has 0 aliphatic heterocycles.